The average molecular weight is 403 g/mol. The van der Waals surface area contributed by atoms with Gasteiger partial charge in [-0.25, -0.2) is 4.98 Å². The largest absolute Gasteiger partial charge is 0.378 e. The highest BCUT2D eigenvalue weighted by molar-refractivity contribution is 5.90. The second-order valence-corrected chi connectivity index (χ2v) is 7.06. The predicted molar refractivity (Wildman–Crippen MR) is 117 cm³/mol. The van der Waals surface area contributed by atoms with Gasteiger partial charge in [0.25, 0.3) is 5.91 Å². The fraction of sp³-hybridized carbons (Fsp3) is 0.250. The van der Waals surface area contributed by atoms with E-state index in [2.05, 4.69) is 15.2 Å². The Bertz CT molecular complexity index is 887. The Kier molecular flexibility index (Phi) is 6.69. The molecule has 1 fully saturated rings. The van der Waals surface area contributed by atoms with E-state index in [1.807, 2.05) is 72.8 Å². The van der Waals surface area contributed by atoms with Crippen molar-refractivity contribution in [1.29, 1.82) is 0 Å². The summed E-state index contributed by atoms with van der Waals surface area (Å²) in [7, 11) is 0. The molecule has 3 aromatic rings. The molecule has 30 heavy (non-hydrogen) atoms. The number of carbonyl (C=O) groups is 1. The number of aromatic nitrogens is 1. The molecule has 0 radical (unpaired) electrons. The minimum atomic E-state index is -0.310. The first kappa shape index (κ1) is 20.1. The van der Waals surface area contributed by atoms with Gasteiger partial charge >= 0.3 is 0 Å². The maximum absolute atomic E-state index is 12.5. The van der Waals surface area contributed by atoms with Crippen LogP contribution in [0.1, 0.15) is 17.2 Å². The number of anilines is 2. The topological polar surface area (TPSA) is 63.7 Å². The van der Waals surface area contributed by atoms with Crippen LogP contribution < -0.4 is 10.2 Å². The highest BCUT2D eigenvalue weighted by atomic mass is 16.5. The normalized spacial score (nSPS) is 14.0. The van der Waals surface area contributed by atoms with Crippen LogP contribution in [0.5, 0.6) is 0 Å². The van der Waals surface area contributed by atoms with Crippen molar-refractivity contribution in [2.45, 2.75) is 6.10 Å². The van der Waals surface area contributed by atoms with Gasteiger partial charge in [0.2, 0.25) is 0 Å². The van der Waals surface area contributed by atoms with Gasteiger partial charge in [-0.1, -0.05) is 60.7 Å². The highest BCUT2D eigenvalue weighted by Crippen LogP contribution is 2.25. The van der Waals surface area contributed by atoms with Gasteiger partial charge in [0.05, 0.1) is 25.1 Å². The molecule has 154 valence electrons. The van der Waals surface area contributed by atoms with Gasteiger partial charge in [-0.15, -0.1) is 0 Å². The summed E-state index contributed by atoms with van der Waals surface area (Å²) in [5.41, 5.74) is 3.04. The Morgan fingerprint density at radius 1 is 0.967 bits per heavy atom. The fourth-order valence-electron chi connectivity index (χ4n) is 3.45. The van der Waals surface area contributed by atoms with Crippen LogP contribution >= 0.6 is 0 Å². The molecule has 2 heterocycles. The van der Waals surface area contributed by atoms with Crippen molar-refractivity contribution >= 4 is 17.4 Å². The van der Waals surface area contributed by atoms with Crippen LogP contribution in [-0.4, -0.2) is 43.8 Å². The summed E-state index contributed by atoms with van der Waals surface area (Å²) in [6, 6.07) is 23.6. The zero-order chi connectivity index (χ0) is 20.6. The number of rotatable bonds is 7. The van der Waals surface area contributed by atoms with Gasteiger partial charge < -0.3 is 19.7 Å². The molecule has 0 spiro atoms. The molecule has 0 atom stereocenters. The summed E-state index contributed by atoms with van der Waals surface area (Å²) in [6.07, 6.45) is 1.47. The monoisotopic (exact) mass is 403 g/mol. The molecule has 1 aliphatic heterocycles. The lowest BCUT2D eigenvalue weighted by molar-refractivity contribution is -0.121. The quantitative estimate of drug-likeness (QED) is 0.652. The third-order valence-corrected chi connectivity index (χ3v) is 4.98. The van der Waals surface area contributed by atoms with Crippen molar-refractivity contribution < 1.29 is 14.3 Å². The van der Waals surface area contributed by atoms with E-state index in [0.29, 0.717) is 5.82 Å². The van der Waals surface area contributed by atoms with E-state index < -0.39 is 0 Å². The number of amides is 1. The van der Waals surface area contributed by atoms with E-state index in [0.717, 1.165) is 43.1 Å². The number of nitrogens with one attached hydrogen (secondary N) is 1. The molecule has 1 amide bonds. The van der Waals surface area contributed by atoms with Crippen LogP contribution in [0.25, 0.3) is 0 Å². The lowest BCUT2D eigenvalue weighted by atomic mass is 10.0. The Morgan fingerprint density at radius 2 is 1.60 bits per heavy atom. The Hall–Kier alpha value is -3.22. The van der Waals surface area contributed by atoms with Crippen molar-refractivity contribution in [3.63, 3.8) is 0 Å². The molecule has 4 rings (SSSR count). The first-order valence-electron chi connectivity index (χ1n) is 10.1. The SMILES string of the molecule is O=C(COC(c1ccccc1)c1ccccc1)Nc1ccc(N2CCOCC2)cn1. The van der Waals surface area contributed by atoms with Crippen LogP contribution in [0.3, 0.4) is 0 Å². The van der Waals surface area contributed by atoms with E-state index >= 15 is 0 Å². The molecule has 0 unspecified atom stereocenters. The average Bonchev–Trinajstić information content (AvgIpc) is 2.82. The van der Waals surface area contributed by atoms with Gasteiger partial charge in [-0.05, 0) is 23.3 Å². The zero-order valence-electron chi connectivity index (χ0n) is 16.7. The lowest BCUT2D eigenvalue weighted by Crippen LogP contribution is -2.36. The first-order chi connectivity index (χ1) is 14.8. The van der Waals surface area contributed by atoms with Crippen LogP contribution in [0.15, 0.2) is 79.0 Å². The number of ether oxygens (including phenoxy) is 2. The zero-order valence-corrected chi connectivity index (χ0v) is 16.7. The summed E-state index contributed by atoms with van der Waals surface area (Å²) >= 11 is 0. The van der Waals surface area contributed by atoms with Crippen molar-refractivity contribution in [1.82, 2.24) is 4.98 Å². The second kappa shape index (κ2) is 10.0. The van der Waals surface area contributed by atoms with E-state index in [-0.39, 0.29) is 18.6 Å². The third kappa shape index (κ3) is 5.23. The number of hydrogen-bond acceptors (Lipinski definition) is 5. The molecule has 1 N–H and O–H groups in total. The third-order valence-electron chi connectivity index (χ3n) is 4.98. The molecule has 6 heteroatoms. The maximum Gasteiger partial charge on any atom is 0.251 e. The molecule has 0 saturated carbocycles. The predicted octanol–water partition coefficient (Wildman–Crippen LogP) is 3.66. The van der Waals surface area contributed by atoms with E-state index in [1.165, 1.54) is 0 Å². The molecule has 1 saturated heterocycles. The molecule has 0 aliphatic carbocycles. The molecule has 1 aliphatic rings. The summed E-state index contributed by atoms with van der Waals surface area (Å²) in [5.74, 6) is 0.273. The minimum absolute atomic E-state index is 0.0681. The van der Waals surface area contributed by atoms with Crippen LogP contribution in [-0.2, 0) is 14.3 Å². The van der Waals surface area contributed by atoms with Gasteiger partial charge in [-0.3, -0.25) is 4.79 Å². The van der Waals surface area contributed by atoms with Crippen LogP contribution in [0.4, 0.5) is 11.5 Å². The number of benzene rings is 2. The lowest BCUT2D eigenvalue weighted by Gasteiger charge is -2.28. The smallest absolute Gasteiger partial charge is 0.251 e. The van der Waals surface area contributed by atoms with Gasteiger partial charge in [0, 0.05) is 13.1 Å². The molecule has 0 bridgehead atoms. The maximum atomic E-state index is 12.5. The van der Waals surface area contributed by atoms with Gasteiger partial charge in [0.15, 0.2) is 0 Å². The minimum Gasteiger partial charge on any atom is -0.378 e. The number of nitrogens with zero attached hydrogens (tertiary/aromatic N) is 2. The van der Waals surface area contributed by atoms with E-state index in [9.17, 15) is 4.79 Å². The Morgan fingerprint density at radius 3 is 2.17 bits per heavy atom. The summed E-state index contributed by atoms with van der Waals surface area (Å²) in [6.45, 7) is 3.07. The molecule has 6 nitrogen and oxygen atoms in total. The van der Waals surface area contributed by atoms with Gasteiger partial charge in [-0.2, -0.15) is 0 Å². The Balaban J connectivity index is 1.37. The molecular weight excluding hydrogens is 378 g/mol. The number of carbonyl (C=O) groups excluding carboxylic acids is 1. The summed E-state index contributed by atoms with van der Waals surface area (Å²) in [5, 5.41) is 2.81. The van der Waals surface area contributed by atoms with Crippen molar-refractivity contribution in [3.05, 3.63) is 90.1 Å². The summed E-state index contributed by atoms with van der Waals surface area (Å²) in [4.78, 5) is 19.0. The highest BCUT2D eigenvalue weighted by Gasteiger charge is 2.17. The van der Waals surface area contributed by atoms with Gasteiger partial charge in [0.1, 0.15) is 18.5 Å². The molecule has 2 aromatic carbocycles. The molecule has 1 aromatic heterocycles. The first-order valence-corrected chi connectivity index (χ1v) is 10.1. The van der Waals surface area contributed by atoms with Crippen molar-refractivity contribution in [2.75, 3.05) is 43.1 Å². The molecular formula is C24H25N3O3. The Labute approximate surface area is 176 Å². The van der Waals surface area contributed by atoms with E-state index in [1.54, 1.807) is 6.20 Å². The number of morpholine rings is 1. The van der Waals surface area contributed by atoms with Crippen LogP contribution in [0, 0.1) is 0 Å². The number of hydrogen-bond donors (Lipinski definition) is 1. The standard InChI is InChI=1S/C24H25N3O3/c28-23(26-22-12-11-21(17-25-22)27-13-15-29-16-14-27)18-30-24(19-7-3-1-4-8-19)20-9-5-2-6-10-20/h1-12,17,24H,13-16,18H2,(H,25,26,28). The van der Waals surface area contributed by atoms with Crippen molar-refractivity contribution in [2.24, 2.45) is 0 Å². The van der Waals surface area contributed by atoms with Crippen LogP contribution in [0.2, 0.25) is 0 Å². The van der Waals surface area contributed by atoms with Crippen molar-refractivity contribution in [3.8, 4) is 0 Å². The summed E-state index contributed by atoms with van der Waals surface area (Å²) < 4.78 is 11.4. The van der Waals surface area contributed by atoms with E-state index in [4.69, 9.17) is 9.47 Å². The second-order valence-electron chi connectivity index (χ2n) is 7.06. The fourth-order valence-corrected chi connectivity index (χ4v) is 3.45. The number of pyridine rings is 1.